The molecule has 1 aromatic rings. The van der Waals surface area contributed by atoms with Crippen molar-refractivity contribution in [2.24, 2.45) is 5.92 Å². The largest absolute Gasteiger partial charge is 0.494 e. The van der Waals surface area contributed by atoms with Crippen LogP contribution in [0.25, 0.3) is 0 Å². The maximum Gasteiger partial charge on any atom is 0.119 e. The SMILES string of the molecule is Cc1cc(OCCC(C)C)ccc1S. The van der Waals surface area contributed by atoms with Gasteiger partial charge in [-0.15, -0.1) is 12.6 Å². The molecule has 0 N–H and O–H groups in total. The Bertz CT molecular complexity index is 294. The summed E-state index contributed by atoms with van der Waals surface area (Å²) in [5.74, 6) is 1.64. The highest BCUT2D eigenvalue weighted by atomic mass is 32.1. The van der Waals surface area contributed by atoms with Gasteiger partial charge >= 0.3 is 0 Å². The number of hydrogen-bond acceptors (Lipinski definition) is 2. The Labute approximate surface area is 91.9 Å². The van der Waals surface area contributed by atoms with Crippen molar-refractivity contribution in [2.45, 2.75) is 32.1 Å². The third-order valence-corrected chi connectivity index (χ3v) is 2.63. The average Bonchev–Trinajstić information content (AvgIpc) is 2.10. The molecule has 0 unspecified atom stereocenters. The second-order valence-corrected chi connectivity index (χ2v) is 4.46. The van der Waals surface area contributed by atoms with Gasteiger partial charge in [-0.1, -0.05) is 13.8 Å². The van der Waals surface area contributed by atoms with Crippen molar-refractivity contribution in [1.29, 1.82) is 0 Å². The zero-order valence-corrected chi connectivity index (χ0v) is 9.97. The number of aryl methyl sites for hydroxylation is 1. The molecule has 0 saturated carbocycles. The molecule has 78 valence electrons. The summed E-state index contributed by atoms with van der Waals surface area (Å²) >= 11 is 4.31. The number of hydrogen-bond donors (Lipinski definition) is 1. The first-order valence-electron chi connectivity index (χ1n) is 5.02. The van der Waals surface area contributed by atoms with E-state index in [9.17, 15) is 0 Å². The van der Waals surface area contributed by atoms with Gasteiger partial charge in [0.1, 0.15) is 5.75 Å². The van der Waals surface area contributed by atoms with Crippen molar-refractivity contribution in [3.63, 3.8) is 0 Å². The molecule has 0 saturated heterocycles. The Morgan fingerprint density at radius 3 is 2.64 bits per heavy atom. The van der Waals surface area contributed by atoms with E-state index in [0.29, 0.717) is 5.92 Å². The zero-order valence-electron chi connectivity index (χ0n) is 9.08. The highest BCUT2D eigenvalue weighted by molar-refractivity contribution is 7.80. The van der Waals surface area contributed by atoms with Crippen molar-refractivity contribution in [1.82, 2.24) is 0 Å². The molecule has 0 aromatic heterocycles. The van der Waals surface area contributed by atoms with Crippen molar-refractivity contribution < 1.29 is 4.74 Å². The van der Waals surface area contributed by atoms with Gasteiger partial charge in [0.25, 0.3) is 0 Å². The van der Waals surface area contributed by atoms with Crippen molar-refractivity contribution in [3.05, 3.63) is 23.8 Å². The minimum atomic E-state index is 0.695. The molecule has 0 bridgehead atoms. The summed E-state index contributed by atoms with van der Waals surface area (Å²) in [6, 6.07) is 5.97. The van der Waals surface area contributed by atoms with Crippen LogP contribution in [0.4, 0.5) is 0 Å². The molecule has 0 amide bonds. The smallest absolute Gasteiger partial charge is 0.119 e. The first kappa shape index (κ1) is 11.4. The van der Waals surface area contributed by atoms with Crippen LogP contribution in [0.3, 0.4) is 0 Å². The molecule has 14 heavy (non-hydrogen) atoms. The molecule has 0 aliphatic rings. The molecular weight excluding hydrogens is 192 g/mol. The number of rotatable bonds is 4. The lowest BCUT2D eigenvalue weighted by atomic mass is 10.1. The second-order valence-electron chi connectivity index (χ2n) is 3.98. The molecule has 0 heterocycles. The van der Waals surface area contributed by atoms with Crippen LogP contribution in [0, 0.1) is 12.8 Å². The molecule has 0 aliphatic carbocycles. The quantitative estimate of drug-likeness (QED) is 0.745. The predicted molar refractivity (Wildman–Crippen MR) is 63.4 cm³/mol. The minimum Gasteiger partial charge on any atom is -0.494 e. The maximum absolute atomic E-state index is 5.62. The van der Waals surface area contributed by atoms with Crippen LogP contribution >= 0.6 is 12.6 Å². The molecule has 2 heteroatoms. The standard InChI is InChI=1S/C12H18OS/c1-9(2)6-7-13-11-4-5-12(14)10(3)8-11/h4-5,8-9,14H,6-7H2,1-3H3. The third-order valence-electron chi connectivity index (χ3n) is 2.13. The van der Waals surface area contributed by atoms with E-state index in [1.54, 1.807) is 0 Å². The fraction of sp³-hybridized carbons (Fsp3) is 0.500. The van der Waals surface area contributed by atoms with Crippen molar-refractivity contribution in [2.75, 3.05) is 6.61 Å². The van der Waals surface area contributed by atoms with Crippen LogP contribution in [0.1, 0.15) is 25.8 Å². The van der Waals surface area contributed by atoms with E-state index in [1.807, 2.05) is 25.1 Å². The van der Waals surface area contributed by atoms with E-state index in [0.717, 1.165) is 29.2 Å². The van der Waals surface area contributed by atoms with Gasteiger partial charge in [0.05, 0.1) is 6.61 Å². The fourth-order valence-corrected chi connectivity index (χ4v) is 1.27. The second kappa shape index (κ2) is 5.30. The third kappa shape index (κ3) is 3.62. The van der Waals surface area contributed by atoms with E-state index in [1.165, 1.54) is 0 Å². The Kier molecular flexibility index (Phi) is 4.33. The summed E-state index contributed by atoms with van der Waals surface area (Å²) in [7, 11) is 0. The van der Waals surface area contributed by atoms with Crippen LogP contribution < -0.4 is 4.74 Å². The summed E-state index contributed by atoms with van der Waals surface area (Å²) in [4.78, 5) is 1.02. The van der Waals surface area contributed by atoms with E-state index in [2.05, 4.69) is 26.5 Å². The lowest BCUT2D eigenvalue weighted by Crippen LogP contribution is -2.01. The Morgan fingerprint density at radius 2 is 2.07 bits per heavy atom. The van der Waals surface area contributed by atoms with Gasteiger partial charge in [0.15, 0.2) is 0 Å². The van der Waals surface area contributed by atoms with Gasteiger partial charge in [-0.2, -0.15) is 0 Å². The van der Waals surface area contributed by atoms with E-state index in [4.69, 9.17) is 4.74 Å². The molecule has 1 aromatic carbocycles. The van der Waals surface area contributed by atoms with Crippen molar-refractivity contribution in [3.8, 4) is 5.75 Å². The van der Waals surface area contributed by atoms with Crippen molar-refractivity contribution >= 4 is 12.6 Å². The summed E-state index contributed by atoms with van der Waals surface area (Å²) in [6.07, 6.45) is 1.10. The minimum absolute atomic E-state index is 0.695. The maximum atomic E-state index is 5.62. The van der Waals surface area contributed by atoms with Crippen LogP contribution in [-0.2, 0) is 0 Å². The summed E-state index contributed by atoms with van der Waals surface area (Å²) < 4.78 is 5.62. The zero-order chi connectivity index (χ0) is 10.6. The number of thiol groups is 1. The molecule has 0 fully saturated rings. The van der Waals surface area contributed by atoms with Gasteiger partial charge in [0, 0.05) is 4.90 Å². The Balaban J connectivity index is 2.47. The Hall–Kier alpha value is -0.630. The molecule has 1 nitrogen and oxygen atoms in total. The first-order valence-corrected chi connectivity index (χ1v) is 5.46. The van der Waals surface area contributed by atoms with Crippen LogP contribution in [-0.4, -0.2) is 6.61 Å². The fourth-order valence-electron chi connectivity index (χ4n) is 1.13. The highest BCUT2D eigenvalue weighted by Crippen LogP contribution is 2.20. The highest BCUT2D eigenvalue weighted by Gasteiger charge is 1.98. The monoisotopic (exact) mass is 210 g/mol. The average molecular weight is 210 g/mol. The Morgan fingerprint density at radius 1 is 1.36 bits per heavy atom. The topological polar surface area (TPSA) is 9.23 Å². The summed E-state index contributed by atoms with van der Waals surface area (Å²) in [5, 5.41) is 0. The van der Waals surface area contributed by atoms with Gasteiger partial charge in [0.2, 0.25) is 0 Å². The van der Waals surface area contributed by atoms with E-state index >= 15 is 0 Å². The first-order chi connectivity index (χ1) is 6.59. The lowest BCUT2D eigenvalue weighted by Gasteiger charge is -2.09. The molecule has 1 rings (SSSR count). The molecule has 0 atom stereocenters. The van der Waals surface area contributed by atoms with Gasteiger partial charge in [-0.25, -0.2) is 0 Å². The van der Waals surface area contributed by atoms with Gasteiger partial charge < -0.3 is 4.74 Å². The number of benzene rings is 1. The van der Waals surface area contributed by atoms with Gasteiger partial charge in [-0.3, -0.25) is 0 Å². The molecule has 0 radical (unpaired) electrons. The van der Waals surface area contributed by atoms with Crippen LogP contribution in [0.5, 0.6) is 5.75 Å². The predicted octanol–water partition coefficient (Wildman–Crippen LogP) is 3.71. The van der Waals surface area contributed by atoms with E-state index in [-0.39, 0.29) is 0 Å². The molecule has 0 aliphatic heterocycles. The number of ether oxygens (including phenoxy) is 1. The normalized spacial score (nSPS) is 10.6. The lowest BCUT2D eigenvalue weighted by molar-refractivity contribution is 0.289. The van der Waals surface area contributed by atoms with E-state index < -0.39 is 0 Å². The van der Waals surface area contributed by atoms with Crippen LogP contribution in [0.15, 0.2) is 23.1 Å². The summed E-state index contributed by atoms with van der Waals surface area (Å²) in [6.45, 7) is 7.23. The molecule has 0 spiro atoms. The van der Waals surface area contributed by atoms with Gasteiger partial charge in [-0.05, 0) is 43.0 Å². The summed E-state index contributed by atoms with van der Waals surface area (Å²) in [5.41, 5.74) is 1.16. The van der Waals surface area contributed by atoms with Crippen LogP contribution in [0.2, 0.25) is 0 Å². The molecular formula is C12H18OS.